The van der Waals surface area contributed by atoms with Crippen molar-refractivity contribution in [2.24, 2.45) is 0 Å². The van der Waals surface area contributed by atoms with Crippen LogP contribution in [0.3, 0.4) is 0 Å². The molecule has 0 fully saturated rings. The maximum absolute atomic E-state index is 13.3. The Morgan fingerprint density at radius 1 is 1.16 bits per heavy atom. The fourth-order valence-corrected chi connectivity index (χ4v) is 3.12. The number of carbonyl (C=O) groups excluding carboxylic acids is 1. The largest absolute Gasteiger partial charge is 0.586 e. The molecule has 0 saturated carbocycles. The van der Waals surface area contributed by atoms with Gasteiger partial charge in [0.2, 0.25) is 5.91 Å². The van der Waals surface area contributed by atoms with Crippen molar-refractivity contribution in [2.45, 2.75) is 19.8 Å². The summed E-state index contributed by atoms with van der Waals surface area (Å²) in [6.45, 7) is 1.06. The number of hydrogen-bond donors (Lipinski definition) is 1. The smallest absolute Gasteiger partial charge is 0.476 e. The summed E-state index contributed by atoms with van der Waals surface area (Å²) in [5.74, 6) is -1.05. The van der Waals surface area contributed by atoms with Gasteiger partial charge in [-0.2, -0.15) is 4.68 Å². The highest BCUT2D eigenvalue weighted by Crippen LogP contribution is 2.41. The number of anilines is 1. The highest BCUT2D eigenvalue weighted by Gasteiger charge is 2.43. The highest BCUT2D eigenvalue weighted by atomic mass is 19.3. The summed E-state index contributed by atoms with van der Waals surface area (Å²) in [6, 6.07) is 10.2. The molecule has 12 heteroatoms. The number of nitrogens with zero attached hydrogens (tertiary/aromatic N) is 3. The van der Waals surface area contributed by atoms with Crippen molar-refractivity contribution in [3.8, 4) is 23.1 Å². The lowest BCUT2D eigenvalue weighted by Gasteiger charge is -2.12. The van der Waals surface area contributed by atoms with E-state index in [1.807, 2.05) is 0 Å². The van der Waals surface area contributed by atoms with Gasteiger partial charge in [-0.15, -0.1) is 13.9 Å². The average molecular weight is 446 g/mol. The van der Waals surface area contributed by atoms with Gasteiger partial charge in [0.05, 0.1) is 19.3 Å². The maximum Gasteiger partial charge on any atom is 0.586 e. The number of nitrogens with one attached hydrogen (secondary N) is 1. The number of rotatable bonds is 5. The second-order valence-corrected chi connectivity index (χ2v) is 6.78. The molecule has 0 unspecified atom stereocenters. The second-order valence-electron chi connectivity index (χ2n) is 6.78. The SMILES string of the molecule is COc1nn(-c2cccc(NC(C)=O)c2)c(=O)n(Cc2ccc3c(c2)OC(F)(F)O3)c1=O. The van der Waals surface area contributed by atoms with Crippen LogP contribution in [-0.2, 0) is 11.3 Å². The zero-order valence-corrected chi connectivity index (χ0v) is 16.8. The number of hydrogen-bond acceptors (Lipinski definition) is 7. The predicted octanol–water partition coefficient (Wildman–Crippen LogP) is 1.73. The summed E-state index contributed by atoms with van der Waals surface area (Å²) in [5.41, 5.74) is -0.611. The molecule has 0 bridgehead atoms. The number of carbonyl (C=O) groups is 1. The molecule has 0 radical (unpaired) electrons. The van der Waals surface area contributed by atoms with Crippen LogP contribution in [0.5, 0.6) is 17.4 Å². The molecule has 10 nitrogen and oxygen atoms in total. The first kappa shape index (κ1) is 21.0. The minimum atomic E-state index is -3.79. The Kier molecular flexibility index (Phi) is 5.12. The van der Waals surface area contributed by atoms with Gasteiger partial charge in [0.25, 0.3) is 5.88 Å². The minimum absolute atomic E-state index is 0.161. The van der Waals surface area contributed by atoms with Gasteiger partial charge >= 0.3 is 17.5 Å². The molecule has 4 rings (SSSR count). The van der Waals surface area contributed by atoms with Crippen LogP contribution in [0.25, 0.3) is 5.69 Å². The van der Waals surface area contributed by atoms with E-state index in [1.165, 1.54) is 38.3 Å². The molecule has 1 aliphatic rings. The van der Waals surface area contributed by atoms with Crippen molar-refractivity contribution in [3.63, 3.8) is 0 Å². The Bertz CT molecular complexity index is 1330. The number of methoxy groups -OCH3 is 1. The van der Waals surface area contributed by atoms with E-state index >= 15 is 0 Å². The zero-order chi connectivity index (χ0) is 23.0. The first-order valence-electron chi connectivity index (χ1n) is 9.22. The Hall–Kier alpha value is -4.22. The van der Waals surface area contributed by atoms with Crippen molar-refractivity contribution in [1.82, 2.24) is 14.3 Å². The number of aromatic nitrogens is 3. The molecule has 32 heavy (non-hydrogen) atoms. The van der Waals surface area contributed by atoms with E-state index in [1.54, 1.807) is 18.2 Å². The summed E-state index contributed by atoms with van der Waals surface area (Å²) in [5, 5.41) is 6.54. The third kappa shape index (κ3) is 4.02. The van der Waals surface area contributed by atoms with Crippen LogP contribution < -0.4 is 30.8 Å². The summed E-state index contributed by atoms with van der Waals surface area (Å²) in [7, 11) is 1.22. The highest BCUT2D eigenvalue weighted by molar-refractivity contribution is 5.88. The van der Waals surface area contributed by atoms with Crippen molar-refractivity contribution in [2.75, 3.05) is 12.4 Å². The first-order valence-corrected chi connectivity index (χ1v) is 9.22. The van der Waals surface area contributed by atoms with Gasteiger partial charge in [-0.1, -0.05) is 12.1 Å². The molecule has 2 aromatic carbocycles. The molecule has 0 spiro atoms. The van der Waals surface area contributed by atoms with Crippen LogP contribution in [0.2, 0.25) is 0 Å². The van der Waals surface area contributed by atoms with Gasteiger partial charge in [-0.3, -0.25) is 9.59 Å². The molecule has 1 amide bonds. The van der Waals surface area contributed by atoms with E-state index in [0.29, 0.717) is 11.3 Å². The predicted molar refractivity (Wildman–Crippen MR) is 107 cm³/mol. The van der Waals surface area contributed by atoms with Gasteiger partial charge < -0.3 is 19.5 Å². The van der Waals surface area contributed by atoms with Crippen LogP contribution in [0.15, 0.2) is 52.1 Å². The molecular weight excluding hydrogens is 430 g/mol. The molecule has 0 aliphatic carbocycles. The van der Waals surface area contributed by atoms with E-state index < -0.39 is 17.5 Å². The third-order valence-electron chi connectivity index (χ3n) is 4.44. The van der Waals surface area contributed by atoms with Gasteiger partial charge in [0.1, 0.15) is 0 Å². The van der Waals surface area contributed by atoms with Crippen LogP contribution in [0, 0.1) is 0 Å². The summed E-state index contributed by atoms with van der Waals surface area (Å²) >= 11 is 0. The lowest BCUT2D eigenvalue weighted by Crippen LogP contribution is -2.41. The summed E-state index contributed by atoms with van der Waals surface area (Å²) in [4.78, 5) is 37.1. The number of amides is 1. The van der Waals surface area contributed by atoms with Crippen LogP contribution in [0.4, 0.5) is 14.5 Å². The lowest BCUT2D eigenvalue weighted by atomic mass is 10.2. The number of benzene rings is 2. The van der Waals surface area contributed by atoms with Gasteiger partial charge in [-0.25, -0.2) is 9.36 Å². The number of halogens is 2. The van der Waals surface area contributed by atoms with Gasteiger partial charge in [0.15, 0.2) is 11.5 Å². The fourth-order valence-electron chi connectivity index (χ4n) is 3.12. The Balaban J connectivity index is 1.77. The van der Waals surface area contributed by atoms with Crippen LogP contribution >= 0.6 is 0 Å². The first-order chi connectivity index (χ1) is 15.2. The van der Waals surface area contributed by atoms with Crippen LogP contribution in [-0.4, -0.2) is 33.7 Å². The average Bonchev–Trinajstić information content (AvgIpc) is 3.04. The lowest BCUT2D eigenvalue weighted by molar-refractivity contribution is -0.286. The number of ether oxygens (including phenoxy) is 3. The van der Waals surface area contributed by atoms with Crippen molar-refractivity contribution < 1.29 is 27.8 Å². The molecule has 166 valence electrons. The third-order valence-corrected chi connectivity index (χ3v) is 4.44. The molecule has 0 saturated heterocycles. The monoisotopic (exact) mass is 446 g/mol. The van der Waals surface area contributed by atoms with Gasteiger partial charge in [0, 0.05) is 12.6 Å². The van der Waals surface area contributed by atoms with Crippen molar-refractivity contribution in [3.05, 3.63) is 68.9 Å². The molecule has 1 aromatic heterocycles. The second kappa shape index (κ2) is 7.80. The van der Waals surface area contributed by atoms with Crippen LogP contribution in [0.1, 0.15) is 12.5 Å². The Morgan fingerprint density at radius 2 is 1.91 bits per heavy atom. The molecular formula is C20H16F2N4O6. The number of alkyl halides is 2. The summed E-state index contributed by atoms with van der Waals surface area (Å²) < 4.78 is 42.1. The van der Waals surface area contributed by atoms with E-state index in [9.17, 15) is 23.2 Å². The standard InChI is InChI=1S/C20H16F2N4O6/c1-11(27)23-13-4-3-5-14(9-13)26-19(29)25(18(28)17(24-26)30-2)10-12-6-7-15-16(8-12)32-20(21,22)31-15/h3-9H,10H2,1-2H3,(H,23,27). The quantitative estimate of drug-likeness (QED) is 0.635. The zero-order valence-electron chi connectivity index (χ0n) is 16.8. The molecule has 2 heterocycles. The normalized spacial score (nSPS) is 13.6. The molecule has 1 N–H and O–H groups in total. The van der Waals surface area contributed by atoms with Gasteiger partial charge in [-0.05, 0) is 35.9 Å². The maximum atomic E-state index is 13.3. The minimum Gasteiger partial charge on any atom is -0.476 e. The van der Waals surface area contributed by atoms with Crippen molar-refractivity contribution >= 4 is 11.6 Å². The fraction of sp³-hybridized carbons (Fsp3) is 0.200. The molecule has 0 atom stereocenters. The summed E-state index contributed by atoms with van der Waals surface area (Å²) in [6.07, 6.45) is -3.79. The molecule has 1 aliphatic heterocycles. The van der Waals surface area contributed by atoms with E-state index in [4.69, 9.17) is 4.74 Å². The van der Waals surface area contributed by atoms with E-state index in [2.05, 4.69) is 19.9 Å². The van der Waals surface area contributed by atoms with Crippen molar-refractivity contribution in [1.29, 1.82) is 0 Å². The molecule has 3 aromatic rings. The number of fused-ring (bicyclic) bond motifs is 1. The Morgan fingerprint density at radius 3 is 2.62 bits per heavy atom. The Labute approximate surface area is 178 Å². The topological polar surface area (TPSA) is 114 Å². The van der Waals surface area contributed by atoms with E-state index in [-0.39, 0.29) is 35.5 Å². The van der Waals surface area contributed by atoms with E-state index in [0.717, 1.165) is 9.25 Å².